The van der Waals surface area contributed by atoms with Gasteiger partial charge in [0.1, 0.15) is 12.3 Å². The molecular weight excluding hydrogens is 482 g/mol. The van der Waals surface area contributed by atoms with E-state index in [0.717, 1.165) is 14.3 Å². The zero-order valence-electron chi connectivity index (χ0n) is 16.6. The summed E-state index contributed by atoms with van der Waals surface area (Å²) in [6.45, 7) is -0.479. The molecule has 31 heavy (non-hydrogen) atoms. The van der Waals surface area contributed by atoms with Crippen LogP contribution in [0.2, 0.25) is 0 Å². The normalized spacial score (nSPS) is 11.3. The second-order valence-electron chi connectivity index (χ2n) is 6.34. The molecule has 0 unspecified atom stereocenters. The summed E-state index contributed by atoms with van der Waals surface area (Å²) >= 11 is 3.36. The highest BCUT2D eigenvalue weighted by Crippen LogP contribution is 2.31. The van der Waals surface area contributed by atoms with Crippen LogP contribution in [-0.2, 0) is 14.8 Å². The lowest BCUT2D eigenvalue weighted by Crippen LogP contribution is -2.39. The molecule has 0 fully saturated rings. The molecule has 0 heterocycles. The van der Waals surface area contributed by atoms with Crippen molar-refractivity contribution in [1.82, 2.24) is 5.43 Å². The van der Waals surface area contributed by atoms with E-state index >= 15 is 0 Å². The molecule has 160 valence electrons. The fourth-order valence-corrected chi connectivity index (χ4v) is 4.66. The molecule has 0 aliphatic rings. The maximum atomic E-state index is 13.3. The summed E-state index contributed by atoms with van der Waals surface area (Å²) in [6.07, 6.45) is 1.47. The SMILES string of the molecule is COc1ccccc1N(CC(=O)NN=Cc1cccc(Br)c1)S(=O)(=O)c1ccccc1. The van der Waals surface area contributed by atoms with Gasteiger partial charge in [-0.25, -0.2) is 13.8 Å². The van der Waals surface area contributed by atoms with Gasteiger partial charge in [0.2, 0.25) is 0 Å². The fraction of sp³-hybridized carbons (Fsp3) is 0.0909. The molecule has 0 spiro atoms. The number of amides is 1. The van der Waals surface area contributed by atoms with Crippen molar-refractivity contribution >= 4 is 43.8 Å². The van der Waals surface area contributed by atoms with Gasteiger partial charge in [0.25, 0.3) is 15.9 Å². The Bertz CT molecular complexity index is 1180. The summed E-state index contributed by atoms with van der Waals surface area (Å²) in [5.74, 6) is -0.274. The first-order chi connectivity index (χ1) is 14.9. The summed E-state index contributed by atoms with van der Waals surface area (Å²) in [5, 5.41) is 3.93. The molecule has 9 heteroatoms. The number of nitrogens with zero attached hydrogens (tertiary/aromatic N) is 2. The Morgan fingerprint density at radius 3 is 2.48 bits per heavy atom. The molecule has 0 bridgehead atoms. The maximum Gasteiger partial charge on any atom is 0.264 e. The minimum atomic E-state index is -4.03. The zero-order chi connectivity index (χ0) is 22.3. The van der Waals surface area contributed by atoms with E-state index in [-0.39, 0.29) is 10.6 Å². The molecule has 0 aliphatic carbocycles. The van der Waals surface area contributed by atoms with Gasteiger partial charge >= 0.3 is 0 Å². The van der Waals surface area contributed by atoms with Crippen molar-refractivity contribution < 1.29 is 17.9 Å². The third-order valence-corrected chi connectivity index (χ3v) is 6.49. The van der Waals surface area contributed by atoms with Crippen LogP contribution in [0.25, 0.3) is 0 Å². The molecule has 3 aromatic carbocycles. The molecule has 3 aromatic rings. The highest BCUT2D eigenvalue weighted by atomic mass is 79.9. The number of sulfonamides is 1. The first-order valence-electron chi connectivity index (χ1n) is 9.20. The first kappa shape index (κ1) is 22.5. The average molecular weight is 502 g/mol. The highest BCUT2D eigenvalue weighted by Gasteiger charge is 2.29. The fourth-order valence-electron chi connectivity index (χ4n) is 2.79. The van der Waals surface area contributed by atoms with E-state index in [1.165, 1.54) is 25.5 Å². The number of ether oxygens (including phenoxy) is 1. The maximum absolute atomic E-state index is 13.3. The third-order valence-electron chi connectivity index (χ3n) is 4.22. The Morgan fingerprint density at radius 2 is 1.77 bits per heavy atom. The minimum Gasteiger partial charge on any atom is -0.495 e. The number of nitrogens with one attached hydrogen (secondary N) is 1. The number of carbonyl (C=O) groups is 1. The highest BCUT2D eigenvalue weighted by molar-refractivity contribution is 9.10. The second-order valence-corrected chi connectivity index (χ2v) is 9.12. The predicted octanol–water partition coefficient (Wildman–Crippen LogP) is 3.80. The van der Waals surface area contributed by atoms with Crippen LogP contribution in [0.15, 0.2) is 93.3 Å². The van der Waals surface area contributed by atoms with Crippen LogP contribution in [0.5, 0.6) is 5.75 Å². The Morgan fingerprint density at radius 1 is 1.06 bits per heavy atom. The summed E-state index contributed by atoms with van der Waals surface area (Å²) in [6, 6.07) is 21.9. The summed E-state index contributed by atoms with van der Waals surface area (Å²) in [7, 11) is -2.59. The van der Waals surface area contributed by atoms with E-state index in [1.54, 1.807) is 42.5 Å². The molecule has 7 nitrogen and oxygen atoms in total. The number of hydrogen-bond acceptors (Lipinski definition) is 5. The number of methoxy groups -OCH3 is 1. The van der Waals surface area contributed by atoms with Gasteiger partial charge < -0.3 is 4.74 Å². The van der Waals surface area contributed by atoms with Crippen LogP contribution in [0.3, 0.4) is 0 Å². The van der Waals surface area contributed by atoms with Crippen molar-refractivity contribution in [2.45, 2.75) is 4.90 Å². The lowest BCUT2D eigenvalue weighted by Gasteiger charge is -2.25. The summed E-state index contributed by atoms with van der Waals surface area (Å²) in [4.78, 5) is 12.6. The number of halogens is 1. The van der Waals surface area contributed by atoms with Crippen LogP contribution in [0.1, 0.15) is 5.56 Å². The van der Waals surface area contributed by atoms with E-state index in [2.05, 4.69) is 26.5 Å². The van der Waals surface area contributed by atoms with Crippen molar-refractivity contribution in [3.8, 4) is 5.75 Å². The molecule has 0 saturated heterocycles. The van der Waals surface area contributed by atoms with Gasteiger partial charge in [-0.15, -0.1) is 0 Å². The number of rotatable bonds is 8. The molecular formula is C22H20BrN3O4S. The van der Waals surface area contributed by atoms with Crippen LogP contribution in [0, 0.1) is 0 Å². The first-order valence-corrected chi connectivity index (χ1v) is 11.4. The number of anilines is 1. The number of benzene rings is 3. The van der Waals surface area contributed by atoms with Crippen molar-refractivity contribution in [3.63, 3.8) is 0 Å². The lowest BCUT2D eigenvalue weighted by atomic mass is 10.2. The zero-order valence-corrected chi connectivity index (χ0v) is 19.0. The van der Waals surface area contributed by atoms with Gasteiger partial charge in [-0.2, -0.15) is 5.10 Å². The average Bonchev–Trinajstić information content (AvgIpc) is 2.78. The number of carbonyl (C=O) groups excluding carboxylic acids is 1. The Labute approximate surface area is 189 Å². The van der Waals surface area contributed by atoms with Crippen LogP contribution in [-0.4, -0.2) is 34.2 Å². The molecule has 0 aromatic heterocycles. The van der Waals surface area contributed by atoms with Gasteiger partial charge in [-0.3, -0.25) is 9.10 Å². The molecule has 1 N–H and O–H groups in total. The second kappa shape index (κ2) is 10.2. The number of para-hydroxylation sites is 2. The molecule has 1 amide bonds. The largest absolute Gasteiger partial charge is 0.495 e. The lowest BCUT2D eigenvalue weighted by molar-refractivity contribution is -0.119. The topological polar surface area (TPSA) is 88.1 Å². The van der Waals surface area contributed by atoms with Crippen molar-refractivity contribution in [2.75, 3.05) is 18.0 Å². The monoisotopic (exact) mass is 501 g/mol. The Kier molecular flexibility index (Phi) is 7.43. The van der Waals surface area contributed by atoms with E-state index in [9.17, 15) is 13.2 Å². The smallest absolute Gasteiger partial charge is 0.264 e. The quantitative estimate of drug-likeness (QED) is 0.375. The van der Waals surface area contributed by atoms with E-state index in [1.807, 2.05) is 24.3 Å². The standard InChI is InChI=1S/C22H20BrN3O4S/c1-30-21-13-6-5-12-20(21)26(31(28,29)19-10-3-2-4-11-19)16-22(27)25-24-15-17-8-7-9-18(23)14-17/h2-15H,16H2,1H3,(H,25,27). The van der Waals surface area contributed by atoms with Gasteiger partial charge in [-0.1, -0.05) is 58.4 Å². The van der Waals surface area contributed by atoms with E-state index in [4.69, 9.17) is 4.74 Å². The Hall–Kier alpha value is -3.17. The Balaban J connectivity index is 1.87. The molecule has 3 rings (SSSR count). The minimum absolute atomic E-state index is 0.0614. The predicted molar refractivity (Wildman–Crippen MR) is 124 cm³/mol. The third kappa shape index (κ3) is 5.71. The van der Waals surface area contributed by atoms with Gasteiger partial charge in [0, 0.05) is 4.47 Å². The van der Waals surface area contributed by atoms with Crippen molar-refractivity contribution in [1.29, 1.82) is 0 Å². The van der Waals surface area contributed by atoms with Crippen LogP contribution >= 0.6 is 15.9 Å². The summed E-state index contributed by atoms with van der Waals surface area (Å²) in [5.41, 5.74) is 3.40. The van der Waals surface area contributed by atoms with Gasteiger partial charge in [-0.05, 0) is 42.0 Å². The van der Waals surface area contributed by atoms with Gasteiger partial charge in [0.15, 0.2) is 0 Å². The summed E-state index contributed by atoms with van der Waals surface area (Å²) < 4.78 is 33.8. The molecule has 0 aliphatic heterocycles. The number of hydrazone groups is 1. The molecule has 0 atom stereocenters. The molecule has 0 radical (unpaired) electrons. The molecule has 0 saturated carbocycles. The van der Waals surface area contributed by atoms with Crippen LogP contribution < -0.4 is 14.5 Å². The van der Waals surface area contributed by atoms with E-state index < -0.39 is 22.5 Å². The van der Waals surface area contributed by atoms with Crippen molar-refractivity contribution in [2.24, 2.45) is 5.10 Å². The number of hydrogen-bond donors (Lipinski definition) is 1. The van der Waals surface area contributed by atoms with Gasteiger partial charge in [0.05, 0.1) is 23.9 Å². The van der Waals surface area contributed by atoms with E-state index in [0.29, 0.717) is 5.75 Å². The van der Waals surface area contributed by atoms with Crippen LogP contribution in [0.4, 0.5) is 5.69 Å². The van der Waals surface area contributed by atoms with Crippen molar-refractivity contribution in [3.05, 3.63) is 88.9 Å².